The first-order valence-corrected chi connectivity index (χ1v) is 12.6. The van der Waals surface area contributed by atoms with Crippen LogP contribution in [-0.4, -0.2) is 33.9 Å². The molecule has 1 N–H and O–H groups in total. The van der Waals surface area contributed by atoms with Gasteiger partial charge in [-0.05, 0) is 37.3 Å². The number of nitrogens with zero attached hydrogens (tertiary/aromatic N) is 3. The fraction of sp³-hybridized carbons (Fsp3) is 0.280. The van der Waals surface area contributed by atoms with Crippen LogP contribution in [0.1, 0.15) is 46.9 Å². The molecule has 3 heterocycles. The predicted molar refractivity (Wildman–Crippen MR) is 135 cm³/mol. The predicted octanol–water partition coefficient (Wildman–Crippen LogP) is 5.01. The number of thiazole rings is 1. The minimum absolute atomic E-state index is 0.181. The summed E-state index contributed by atoms with van der Waals surface area (Å²) in [5.41, 5.74) is 0.964. The van der Waals surface area contributed by atoms with Crippen molar-refractivity contribution < 1.29 is 19.1 Å². The molecule has 0 unspecified atom stereocenters. The van der Waals surface area contributed by atoms with E-state index in [1.54, 1.807) is 13.2 Å². The van der Waals surface area contributed by atoms with Gasteiger partial charge in [0.05, 0.1) is 23.6 Å². The van der Waals surface area contributed by atoms with Crippen LogP contribution in [-0.2, 0) is 26.7 Å². The van der Waals surface area contributed by atoms with Crippen molar-refractivity contribution in [1.29, 1.82) is 0 Å². The summed E-state index contributed by atoms with van der Waals surface area (Å²) in [4.78, 5) is 31.1. The lowest BCUT2D eigenvalue weighted by Crippen LogP contribution is -2.20. The fourth-order valence-electron chi connectivity index (χ4n) is 3.77. The molecule has 1 aliphatic rings. The quantitative estimate of drug-likeness (QED) is 0.302. The Morgan fingerprint density at radius 3 is 2.66 bits per heavy atom. The highest BCUT2D eigenvalue weighted by molar-refractivity contribution is 7.27. The van der Waals surface area contributed by atoms with Crippen LogP contribution in [0.4, 0.5) is 10.6 Å². The molecule has 1 amide bonds. The number of thiophene rings is 1. The first-order chi connectivity index (χ1) is 16.9. The van der Waals surface area contributed by atoms with Crippen LogP contribution in [0, 0.1) is 11.8 Å². The third kappa shape index (κ3) is 4.52. The Bertz CT molecular complexity index is 1440. The molecular weight excluding hydrogens is 484 g/mol. The molecule has 1 atom stereocenters. The largest absolute Gasteiger partial charge is 0.468 e. The number of aryl methyl sites for hydroxylation is 1. The molecule has 0 aliphatic heterocycles. The van der Waals surface area contributed by atoms with E-state index in [1.165, 1.54) is 34.5 Å². The van der Waals surface area contributed by atoms with Crippen molar-refractivity contribution in [1.82, 2.24) is 14.8 Å². The SMILES string of the molecule is COC(=O)C1(c2cc3sc(C#Cc4cnn(C)c4NC(=O)O[C@H](C)c4ccccc4)nc3s2)CC1. The molecule has 0 saturated heterocycles. The molecule has 1 saturated carbocycles. The van der Waals surface area contributed by atoms with Gasteiger partial charge in [-0.2, -0.15) is 5.10 Å². The van der Waals surface area contributed by atoms with E-state index in [0.29, 0.717) is 16.4 Å². The standard InChI is InChI=1S/C25H22N4O4S2/c1-15(16-7-5-4-6-8-16)33-24(31)28-21-17(14-26-29(21)2)9-10-20-27-22-18(34-20)13-19(35-22)25(11-12-25)23(30)32-3/h4-8,13-15H,11-12H2,1-3H3,(H,28,31)/t15-/m1/s1. The molecule has 8 nitrogen and oxygen atoms in total. The van der Waals surface area contributed by atoms with Crippen LogP contribution in [0.2, 0.25) is 0 Å². The van der Waals surface area contributed by atoms with Gasteiger partial charge in [-0.3, -0.25) is 14.8 Å². The number of methoxy groups -OCH3 is 1. The van der Waals surface area contributed by atoms with Gasteiger partial charge in [0.25, 0.3) is 0 Å². The van der Waals surface area contributed by atoms with Crippen molar-refractivity contribution in [3.05, 3.63) is 63.6 Å². The highest BCUT2D eigenvalue weighted by Crippen LogP contribution is 2.52. The highest BCUT2D eigenvalue weighted by atomic mass is 32.1. The number of esters is 1. The summed E-state index contributed by atoms with van der Waals surface area (Å²) >= 11 is 2.98. The summed E-state index contributed by atoms with van der Waals surface area (Å²) < 4.78 is 13.0. The van der Waals surface area contributed by atoms with Crippen LogP contribution in [0.15, 0.2) is 42.6 Å². The number of carbonyl (C=O) groups is 2. The van der Waals surface area contributed by atoms with Gasteiger partial charge in [-0.1, -0.05) is 36.3 Å². The number of hydrogen-bond donors (Lipinski definition) is 1. The van der Waals surface area contributed by atoms with Crippen molar-refractivity contribution >= 4 is 50.1 Å². The van der Waals surface area contributed by atoms with Gasteiger partial charge in [0, 0.05) is 11.9 Å². The zero-order valence-electron chi connectivity index (χ0n) is 19.3. The van der Waals surface area contributed by atoms with Crippen LogP contribution in [0.25, 0.3) is 9.53 Å². The minimum Gasteiger partial charge on any atom is -0.468 e. The Balaban J connectivity index is 1.30. The second-order valence-electron chi connectivity index (χ2n) is 8.24. The third-order valence-electron chi connectivity index (χ3n) is 5.90. The number of anilines is 1. The number of benzene rings is 1. The van der Waals surface area contributed by atoms with Crippen LogP contribution >= 0.6 is 22.7 Å². The Morgan fingerprint density at radius 2 is 1.97 bits per heavy atom. The van der Waals surface area contributed by atoms with E-state index in [0.717, 1.165) is 32.8 Å². The van der Waals surface area contributed by atoms with Gasteiger partial charge in [-0.25, -0.2) is 9.78 Å². The van der Waals surface area contributed by atoms with E-state index in [4.69, 9.17) is 9.47 Å². The van der Waals surface area contributed by atoms with Gasteiger partial charge in [0.15, 0.2) is 5.01 Å². The Morgan fingerprint density at radius 1 is 1.20 bits per heavy atom. The second kappa shape index (κ2) is 9.17. The van der Waals surface area contributed by atoms with E-state index >= 15 is 0 Å². The average Bonchev–Trinajstić information content (AvgIpc) is 3.28. The summed E-state index contributed by atoms with van der Waals surface area (Å²) in [5.74, 6) is 6.38. The number of amides is 1. The maximum absolute atomic E-state index is 12.5. The lowest BCUT2D eigenvalue weighted by Gasteiger charge is -2.14. The summed E-state index contributed by atoms with van der Waals surface area (Å²) in [6, 6.07) is 11.5. The molecular formula is C25H22N4O4S2. The average molecular weight is 507 g/mol. The molecule has 5 rings (SSSR count). The fourth-order valence-corrected chi connectivity index (χ4v) is 6.08. The molecule has 0 spiro atoms. The maximum Gasteiger partial charge on any atom is 0.413 e. The lowest BCUT2D eigenvalue weighted by atomic mass is 10.1. The first-order valence-electron chi connectivity index (χ1n) is 11.0. The van der Waals surface area contributed by atoms with Gasteiger partial charge in [-0.15, -0.1) is 22.7 Å². The van der Waals surface area contributed by atoms with Crippen LogP contribution < -0.4 is 5.32 Å². The Labute approximate surface area is 209 Å². The van der Waals surface area contributed by atoms with Crippen molar-refractivity contribution in [3.63, 3.8) is 0 Å². The van der Waals surface area contributed by atoms with Crippen molar-refractivity contribution in [2.24, 2.45) is 7.05 Å². The monoisotopic (exact) mass is 506 g/mol. The van der Waals surface area contributed by atoms with E-state index in [-0.39, 0.29) is 5.97 Å². The van der Waals surface area contributed by atoms with Gasteiger partial charge in [0.1, 0.15) is 22.2 Å². The van der Waals surface area contributed by atoms with Crippen molar-refractivity contribution in [2.75, 3.05) is 12.4 Å². The molecule has 0 radical (unpaired) electrons. The smallest absolute Gasteiger partial charge is 0.413 e. The zero-order chi connectivity index (χ0) is 24.6. The molecule has 10 heteroatoms. The second-order valence-corrected chi connectivity index (χ2v) is 10.3. The number of ether oxygens (including phenoxy) is 2. The van der Waals surface area contributed by atoms with E-state index < -0.39 is 17.6 Å². The molecule has 178 valence electrons. The molecule has 1 aromatic carbocycles. The number of hydrogen-bond acceptors (Lipinski definition) is 8. The molecule has 4 aromatic rings. The van der Waals surface area contributed by atoms with E-state index in [9.17, 15) is 9.59 Å². The normalized spacial score (nSPS) is 14.6. The lowest BCUT2D eigenvalue weighted by molar-refractivity contribution is -0.143. The van der Waals surface area contributed by atoms with Gasteiger partial charge < -0.3 is 9.47 Å². The van der Waals surface area contributed by atoms with Crippen molar-refractivity contribution in [2.45, 2.75) is 31.3 Å². The number of rotatable bonds is 5. The van der Waals surface area contributed by atoms with E-state index in [2.05, 4.69) is 27.2 Å². The van der Waals surface area contributed by atoms with Crippen LogP contribution in [0.3, 0.4) is 0 Å². The summed E-state index contributed by atoms with van der Waals surface area (Å²) in [6.45, 7) is 1.81. The Hall–Kier alpha value is -3.68. The summed E-state index contributed by atoms with van der Waals surface area (Å²) in [7, 11) is 3.15. The summed E-state index contributed by atoms with van der Waals surface area (Å²) in [6.07, 6.45) is 2.22. The molecule has 1 fully saturated rings. The topological polar surface area (TPSA) is 95.3 Å². The minimum atomic E-state index is -0.588. The van der Waals surface area contributed by atoms with Gasteiger partial charge in [0.2, 0.25) is 0 Å². The number of aromatic nitrogens is 3. The Kier molecular flexibility index (Phi) is 6.05. The number of nitrogens with one attached hydrogen (secondary N) is 1. The zero-order valence-corrected chi connectivity index (χ0v) is 21.0. The third-order valence-corrected chi connectivity index (χ3v) is 8.18. The number of carbonyl (C=O) groups excluding carboxylic acids is 2. The molecule has 0 bridgehead atoms. The number of fused-ring (bicyclic) bond motifs is 1. The van der Waals surface area contributed by atoms with Crippen LogP contribution in [0.5, 0.6) is 0 Å². The first kappa shape index (κ1) is 23.1. The molecule has 3 aromatic heterocycles. The van der Waals surface area contributed by atoms with Crippen molar-refractivity contribution in [3.8, 4) is 11.8 Å². The highest BCUT2D eigenvalue weighted by Gasteiger charge is 2.53. The summed E-state index contributed by atoms with van der Waals surface area (Å²) in [5, 5.41) is 7.60. The van der Waals surface area contributed by atoms with Gasteiger partial charge >= 0.3 is 12.1 Å². The molecule has 1 aliphatic carbocycles. The van der Waals surface area contributed by atoms with E-state index in [1.807, 2.05) is 43.3 Å². The molecule has 35 heavy (non-hydrogen) atoms. The maximum atomic E-state index is 12.5.